The van der Waals surface area contributed by atoms with Crippen molar-refractivity contribution in [3.05, 3.63) is 35.2 Å². The highest BCUT2D eigenvalue weighted by Crippen LogP contribution is 2.38. The van der Waals surface area contributed by atoms with E-state index in [1.807, 2.05) is 18.7 Å². The quantitative estimate of drug-likeness (QED) is 0.343. The third-order valence-corrected chi connectivity index (χ3v) is 6.67. The number of ether oxygens (including phenoxy) is 1. The Morgan fingerprint density at radius 1 is 1.11 bits per heavy atom. The summed E-state index contributed by atoms with van der Waals surface area (Å²) in [6.07, 6.45) is 3.09. The highest BCUT2D eigenvalue weighted by molar-refractivity contribution is 7.58. The van der Waals surface area contributed by atoms with E-state index in [1.165, 1.54) is 11.1 Å². The van der Waals surface area contributed by atoms with Crippen LogP contribution in [0.15, 0.2) is 23.4 Å². The molecule has 1 aromatic heterocycles. The van der Waals surface area contributed by atoms with Crippen LogP contribution in [0.3, 0.4) is 0 Å². The van der Waals surface area contributed by atoms with E-state index in [9.17, 15) is 0 Å². The zero-order valence-corrected chi connectivity index (χ0v) is 19.7. The van der Waals surface area contributed by atoms with Crippen molar-refractivity contribution in [3.8, 4) is 5.75 Å². The lowest BCUT2D eigenvalue weighted by molar-refractivity contribution is -0.739. The summed E-state index contributed by atoms with van der Waals surface area (Å²) in [4.78, 5) is 0. The zero-order chi connectivity index (χ0) is 21.1. The molecule has 5 heteroatoms. The van der Waals surface area contributed by atoms with Gasteiger partial charge in [0.25, 0.3) is 0 Å². The van der Waals surface area contributed by atoms with Crippen LogP contribution >= 0.6 is 0 Å². The minimum absolute atomic E-state index is 0.0810. The van der Waals surface area contributed by atoms with E-state index in [0.29, 0.717) is 11.8 Å². The van der Waals surface area contributed by atoms with Gasteiger partial charge in [0, 0.05) is 24.0 Å². The average molecular weight is 404 g/mol. The number of hydrogen-bond acceptors (Lipinski definition) is 3. The van der Waals surface area contributed by atoms with E-state index in [-0.39, 0.29) is 10.8 Å². The van der Waals surface area contributed by atoms with Gasteiger partial charge < -0.3 is 17.4 Å². The first-order valence-electron chi connectivity index (χ1n) is 10.4. The van der Waals surface area contributed by atoms with Crippen molar-refractivity contribution in [1.82, 2.24) is 9.78 Å². The van der Waals surface area contributed by atoms with Gasteiger partial charge in [0.15, 0.2) is 5.16 Å². The van der Waals surface area contributed by atoms with Gasteiger partial charge in [0.1, 0.15) is 5.75 Å². The second-order valence-corrected chi connectivity index (χ2v) is 9.36. The highest BCUT2D eigenvalue weighted by atomic mass is 32.1. The second kappa shape index (κ2) is 8.81. The molecule has 2 rings (SSSR count). The minimum Gasteiger partial charge on any atom is -0.703 e. The summed E-state index contributed by atoms with van der Waals surface area (Å²) in [6, 6.07) is 6.76. The van der Waals surface area contributed by atoms with Crippen molar-refractivity contribution in [2.24, 2.45) is 7.05 Å². The molecule has 156 valence electrons. The van der Waals surface area contributed by atoms with E-state index in [1.54, 1.807) is 0 Å². The molecule has 0 unspecified atom stereocenters. The smallest absolute Gasteiger partial charge is 0.231 e. The summed E-state index contributed by atoms with van der Waals surface area (Å²) in [5.74, 6) is 2.08. The first kappa shape index (κ1) is 22.7. The van der Waals surface area contributed by atoms with Crippen LogP contribution < -0.4 is 9.30 Å². The number of rotatable bonds is 9. The number of nitrogens with zero attached hydrogens (tertiary/aromatic N) is 3. The van der Waals surface area contributed by atoms with Crippen LogP contribution in [0.25, 0.3) is 0 Å². The Balaban J connectivity index is 2.16. The monoisotopic (exact) mass is 403 g/mol. The lowest BCUT2D eigenvalue weighted by Crippen LogP contribution is -2.38. The lowest BCUT2D eigenvalue weighted by Gasteiger charge is -2.30. The molecule has 1 aromatic carbocycles. The Labute approximate surface area is 176 Å². The molecule has 0 saturated heterocycles. The Kier molecular flexibility index (Phi) is 7.13. The molecule has 0 atom stereocenters. The fourth-order valence-electron chi connectivity index (χ4n) is 3.23. The van der Waals surface area contributed by atoms with Crippen LogP contribution in [0.2, 0.25) is 0 Å². The molecule has 0 aliphatic rings. The van der Waals surface area contributed by atoms with Gasteiger partial charge >= 0.3 is 0 Å². The van der Waals surface area contributed by atoms with Crippen LogP contribution in [0, 0.1) is 6.92 Å². The molecule has 2 aromatic rings. The maximum Gasteiger partial charge on any atom is 0.231 e. The van der Waals surface area contributed by atoms with Crippen LogP contribution in [0.5, 0.6) is 5.75 Å². The van der Waals surface area contributed by atoms with Crippen molar-refractivity contribution in [1.29, 1.82) is 0 Å². The number of hydrogen-bond donors (Lipinski definition) is 0. The summed E-state index contributed by atoms with van der Waals surface area (Å²) in [6.45, 7) is 17.3. The van der Waals surface area contributed by atoms with Gasteiger partial charge in [-0.15, -0.1) is 4.68 Å². The van der Waals surface area contributed by atoms with Gasteiger partial charge in [0.2, 0.25) is 5.82 Å². The maximum atomic E-state index is 6.26. The average Bonchev–Trinajstić information content (AvgIpc) is 2.90. The van der Waals surface area contributed by atoms with Crippen LogP contribution in [0.1, 0.15) is 77.8 Å². The molecule has 1 heterocycles. The number of aromatic nitrogens is 3. The Hall–Kier alpha value is -1.62. The van der Waals surface area contributed by atoms with Gasteiger partial charge in [-0.05, 0) is 35.3 Å². The highest BCUT2D eigenvalue weighted by Gasteiger charge is 2.26. The molecular weight excluding hydrogens is 366 g/mol. The molecule has 4 nitrogen and oxygen atoms in total. The second-order valence-electron chi connectivity index (χ2n) is 8.99. The van der Waals surface area contributed by atoms with E-state index in [2.05, 4.69) is 69.4 Å². The van der Waals surface area contributed by atoms with Crippen LogP contribution in [-0.2, 0) is 37.1 Å². The summed E-state index contributed by atoms with van der Waals surface area (Å²) < 4.78 is 10.2. The third kappa shape index (κ3) is 4.86. The van der Waals surface area contributed by atoms with Gasteiger partial charge in [-0.3, -0.25) is 4.57 Å². The summed E-state index contributed by atoms with van der Waals surface area (Å²) in [5.41, 5.74) is 2.95. The summed E-state index contributed by atoms with van der Waals surface area (Å²) in [7, 11) is 1.93. The first-order chi connectivity index (χ1) is 13.0. The Morgan fingerprint density at radius 2 is 1.75 bits per heavy atom. The number of aryl methyl sites for hydroxylation is 1. The normalized spacial score (nSPS) is 12.4. The first-order valence-corrected chi connectivity index (χ1v) is 10.8. The van der Waals surface area contributed by atoms with Crippen molar-refractivity contribution in [2.75, 3.05) is 6.61 Å². The van der Waals surface area contributed by atoms with Gasteiger partial charge in [-0.25, -0.2) is 0 Å². The van der Waals surface area contributed by atoms with Crippen molar-refractivity contribution >= 4 is 12.6 Å². The van der Waals surface area contributed by atoms with Gasteiger partial charge in [0.05, 0.1) is 20.2 Å². The van der Waals surface area contributed by atoms with E-state index in [4.69, 9.17) is 17.4 Å². The molecule has 0 bridgehead atoms. The summed E-state index contributed by atoms with van der Waals surface area (Å²) >= 11 is 5.34. The molecular formula is C23H37N3OS. The fraction of sp³-hybridized carbons (Fsp3) is 0.652. The van der Waals surface area contributed by atoms with Gasteiger partial charge in [-0.2, -0.15) is 0 Å². The van der Waals surface area contributed by atoms with Crippen LogP contribution in [0.4, 0.5) is 0 Å². The molecule has 0 fully saturated rings. The lowest BCUT2D eigenvalue weighted by atomic mass is 9.76. The van der Waals surface area contributed by atoms with E-state index in [0.717, 1.165) is 37.4 Å². The minimum atomic E-state index is 0.0810. The molecule has 0 aliphatic carbocycles. The van der Waals surface area contributed by atoms with Crippen LogP contribution in [-0.4, -0.2) is 16.4 Å². The Morgan fingerprint density at radius 3 is 2.29 bits per heavy atom. The maximum absolute atomic E-state index is 6.26. The largest absolute Gasteiger partial charge is 0.703 e. The Bertz CT molecular complexity index is 808. The SMILES string of the molecule is CCC(C)(C)c1ccc(OCCC[n+]2c([S-])nn(C)c2C)c(C(C)(C)CC)c1. The molecule has 0 radical (unpaired) electrons. The van der Waals surface area contributed by atoms with Crippen molar-refractivity contribution in [2.45, 2.75) is 90.3 Å². The molecule has 0 amide bonds. The van der Waals surface area contributed by atoms with Crippen molar-refractivity contribution in [3.63, 3.8) is 0 Å². The molecule has 28 heavy (non-hydrogen) atoms. The molecule has 0 spiro atoms. The molecule has 0 aliphatic heterocycles. The summed E-state index contributed by atoms with van der Waals surface area (Å²) in [5, 5.41) is 4.94. The van der Waals surface area contributed by atoms with Crippen molar-refractivity contribution < 1.29 is 9.30 Å². The van der Waals surface area contributed by atoms with Gasteiger partial charge in [-0.1, -0.05) is 53.7 Å². The van der Waals surface area contributed by atoms with E-state index < -0.39 is 0 Å². The topological polar surface area (TPSA) is 30.9 Å². The molecule has 0 N–H and O–H groups in total. The fourth-order valence-corrected chi connectivity index (χ4v) is 3.58. The van der Waals surface area contributed by atoms with E-state index >= 15 is 0 Å². The number of benzene rings is 1. The predicted octanol–water partition coefficient (Wildman–Crippen LogP) is 4.77. The standard InChI is InChI=1S/C23H37N3OS/c1-9-22(4,5)18-12-13-20(19(16-18)23(6,7)10-2)27-15-11-14-26-17(3)25(8)24-21(26)28/h12-13,16H,9-11,14-15H2,1-8H3. The third-order valence-electron chi connectivity index (χ3n) is 6.37. The predicted molar refractivity (Wildman–Crippen MR) is 117 cm³/mol. The molecule has 0 saturated carbocycles. The zero-order valence-electron chi connectivity index (χ0n) is 18.9.